The molecule has 10 nitrogen and oxygen atoms in total. The van der Waals surface area contributed by atoms with Crippen molar-refractivity contribution in [3.05, 3.63) is 64.2 Å². The van der Waals surface area contributed by atoms with Crippen LogP contribution in [0.4, 0.5) is 23.4 Å². The fraction of sp³-hybridized carbons (Fsp3) is 0.333. The third-order valence-electron chi connectivity index (χ3n) is 4.93. The average Bonchev–Trinajstić information content (AvgIpc) is 3.11. The Morgan fingerprint density at radius 1 is 1.23 bits per heavy atom. The molecule has 0 spiro atoms. The Labute approximate surface area is 194 Å². The topological polar surface area (TPSA) is 143 Å². The largest absolute Gasteiger partial charge is 0.471 e. The Hall–Kier alpha value is -3.62. The summed E-state index contributed by atoms with van der Waals surface area (Å²) in [5.74, 6) is -3.14. The number of halogens is 4. The van der Waals surface area contributed by atoms with Crippen molar-refractivity contribution in [2.45, 2.75) is 30.8 Å². The van der Waals surface area contributed by atoms with E-state index in [2.05, 4.69) is 10.3 Å². The lowest BCUT2D eigenvalue weighted by Gasteiger charge is -2.18. The first-order valence-corrected chi connectivity index (χ1v) is 10.1. The Morgan fingerprint density at radius 2 is 1.91 bits per heavy atom. The zero-order chi connectivity index (χ0) is 25.8. The molecule has 1 aliphatic rings. The molecule has 0 radical (unpaired) electrons. The standard InChI is InChI=1S/C21H20F4N4O6/c22-14-15(31)13(10-30)35-18(14)29-9-12(7-4-8-26-19(33)21(23,24)25)16(28-20(29)34)27-17(32)11-5-2-1-3-6-11/h1-7,9,13-15,18,30-31H,8,10H2,(H,26,33)(H,27,28,32,34)/t13-,14?,15+,18-/m1/s1. The van der Waals surface area contributed by atoms with Gasteiger partial charge in [-0.05, 0) is 12.1 Å². The predicted octanol–water partition coefficient (Wildman–Crippen LogP) is 0.776. The molecule has 35 heavy (non-hydrogen) atoms. The molecule has 1 aromatic heterocycles. The minimum absolute atomic E-state index is 0.0483. The Morgan fingerprint density at radius 3 is 2.51 bits per heavy atom. The lowest BCUT2D eigenvalue weighted by Crippen LogP contribution is -2.36. The number of alkyl halides is 4. The molecule has 14 heteroatoms. The second-order valence-electron chi connectivity index (χ2n) is 7.35. The number of rotatable bonds is 7. The highest BCUT2D eigenvalue weighted by atomic mass is 19.4. The first-order valence-electron chi connectivity index (χ1n) is 10.1. The number of aliphatic hydroxyl groups excluding tert-OH is 2. The van der Waals surface area contributed by atoms with E-state index in [0.29, 0.717) is 4.57 Å². The first kappa shape index (κ1) is 26.0. The van der Waals surface area contributed by atoms with Crippen molar-refractivity contribution in [3.8, 4) is 0 Å². The van der Waals surface area contributed by atoms with Crippen LogP contribution in [0.2, 0.25) is 0 Å². The normalized spacial score (nSPS) is 22.3. The number of carbonyl (C=O) groups excluding carboxylic acids is 2. The summed E-state index contributed by atoms with van der Waals surface area (Å²) >= 11 is 0. The average molecular weight is 500 g/mol. The van der Waals surface area contributed by atoms with Crippen molar-refractivity contribution in [1.82, 2.24) is 14.9 Å². The van der Waals surface area contributed by atoms with Crippen molar-refractivity contribution in [3.63, 3.8) is 0 Å². The van der Waals surface area contributed by atoms with Crippen LogP contribution in [0.15, 0.2) is 47.4 Å². The van der Waals surface area contributed by atoms with Gasteiger partial charge in [-0.15, -0.1) is 0 Å². The van der Waals surface area contributed by atoms with Crippen molar-refractivity contribution in [2.75, 3.05) is 18.5 Å². The zero-order valence-electron chi connectivity index (χ0n) is 17.8. The Kier molecular flexibility index (Phi) is 7.99. The molecule has 1 fully saturated rings. The summed E-state index contributed by atoms with van der Waals surface area (Å²) in [5.41, 5.74) is -0.912. The highest BCUT2D eigenvalue weighted by Crippen LogP contribution is 2.31. The van der Waals surface area contributed by atoms with Gasteiger partial charge in [-0.3, -0.25) is 14.2 Å². The SMILES string of the molecule is O=C(Nc1nc(=O)n([C@@H]2O[C@H](CO)[C@H](O)C2F)cc1C=CCNC(=O)C(F)(F)F)c1ccccc1. The lowest BCUT2D eigenvalue weighted by atomic mass is 10.1. The summed E-state index contributed by atoms with van der Waals surface area (Å²) in [6, 6.07) is 7.81. The molecule has 1 aliphatic heterocycles. The number of ether oxygens (including phenoxy) is 1. The summed E-state index contributed by atoms with van der Waals surface area (Å²) in [4.78, 5) is 39.8. The fourth-order valence-electron chi connectivity index (χ4n) is 3.17. The number of hydrogen-bond donors (Lipinski definition) is 4. The first-order chi connectivity index (χ1) is 16.5. The van der Waals surface area contributed by atoms with E-state index in [1.165, 1.54) is 12.1 Å². The number of benzene rings is 1. The van der Waals surface area contributed by atoms with E-state index < -0.39 is 61.4 Å². The number of aromatic nitrogens is 2. The van der Waals surface area contributed by atoms with Gasteiger partial charge in [0.25, 0.3) is 5.91 Å². The molecule has 1 aromatic carbocycles. The van der Waals surface area contributed by atoms with E-state index in [1.807, 2.05) is 0 Å². The second kappa shape index (κ2) is 10.8. The van der Waals surface area contributed by atoms with Gasteiger partial charge in [-0.2, -0.15) is 18.2 Å². The highest BCUT2D eigenvalue weighted by Gasteiger charge is 2.45. The maximum atomic E-state index is 14.5. The van der Waals surface area contributed by atoms with E-state index in [9.17, 15) is 42.2 Å². The Balaban J connectivity index is 1.92. The summed E-state index contributed by atoms with van der Waals surface area (Å²) in [7, 11) is 0. The maximum Gasteiger partial charge on any atom is 0.471 e. The van der Waals surface area contributed by atoms with Gasteiger partial charge in [0.05, 0.1) is 6.61 Å². The number of anilines is 1. The molecule has 2 heterocycles. The molecule has 2 amide bonds. The van der Waals surface area contributed by atoms with Crippen LogP contribution in [0, 0.1) is 0 Å². The van der Waals surface area contributed by atoms with Crippen LogP contribution < -0.4 is 16.3 Å². The van der Waals surface area contributed by atoms with Gasteiger partial charge in [0.2, 0.25) is 0 Å². The van der Waals surface area contributed by atoms with Gasteiger partial charge >= 0.3 is 17.8 Å². The van der Waals surface area contributed by atoms with E-state index >= 15 is 0 Å². The molecule has 2 aromatic rings. The minimum Gasteiger partial charge on any atom is -0.394 e. The van der Waals surface area contributed by atoms with Crippen LogP contribution in [-0.4, -0.2) is 69.3 Å². The van der Waals surface area contributed by atoms with Crippen LogP contribution in [0.25, 0.3) is 6.08 Å². The number of carbonyl (C=O) groups is 2. The van der Waals surface area contributed by atoms with Gasteiger partial charge in [0.15, 0.2) is 12.4 Å². The van der Waals surface area contributed by atoms with Gasteiger partial charge < -0.3 is 25.6 Å². The van der Waals surface area contributed by atoms with Crippen molar-refractivity contribution >= 4 is 23.7 Å². The van der Waals surface area contributed by atoms with Gasteiger partial charge in [-0.25, -0.2) is 9.18 Å². The molecule has 1 saturated heterocycles. The molecule has 0 saturated carbocycles. The van der Waals surface area contributed by atoms with E-state index in [-0.39, 0.29) is 16.9 Å². The highest BCUT2D eigenvalue weighted by molar-refractivity contribution is 6.04. The third-order valence-corrected chi connectivity index (χ3v) is 4.93. The van der Waals surface area contributed by atoms with E-state index in [4.69, 9.17) is 4.74 Å². The number of amides is 2. The number of nitrogens with zero attached hydrogens (tertiary/aromatic N) is 2. The van der Waals surface area contributed by atoms with Gasteiger partial charge in [0.1, 0.15) is 18.0 Å². The molecular formula is C21H20F4N4O6. The van der Waals surface area contributed by atoms with Crippen molar-refractivity contribution in [1.29, 1.82) is 0 Å². The molecular weight excluding hydrogens is 480 g/mol. The van der Waals surface area contributed by atoms with Gasteiger partial charge in [-0.1, -0.05) is 30.4 Å². The molecule has 4 atom stereocenters. The molecule has 3 rings (SSSR count). The monoisotopic (exact) mass is 500 g/mol. The molecule has 0 bridgehead atoms. The Bertz CT molecular complexity index is 1150. The fourth-order valence-corrected chi connectivity index (χ4v) is 3.17. The second-order valence-corrected chi connectivity index (χ2v) is 7.35. The minimum atomic E-state index is -5.09. The van der Waals surface area contributed by atoms with Crippen LogP contribution in [0.5, 0.6) is 0 Å². The van der Waals surface area contributed by atoms with Crippen LogP contribution >= 0.6 is 0 Å². The molecule has 1 unspecified atom stereocenters. The summed E-state index contributed by atoms with van der Waals surface area (Å²) < 4.78 is 57.5. The zero-order valence-corrected chi connectivity index (χ0v) is 17.8. The van der Waals surface area contributed by atoms with Gasteiger partial charge in [0, 0.05) is 23.9 Å². The van der Waals surface area contributed by atoms with Crippen molar-refractivity contribution < 1.29 is 42.1 Å². The molecule has 0 aliphatic carbocycles. The third kappa shape index (κ3) is 6.09. The number of nitrogens with one attached hydrogen (secondary N) is 2. The smallest absolute Gasteiger partial charge is 0.394 e. The lowest BCUT2D eigenvalue weighted by molar-refractivity contribution is -0.173. The maximum absolute atomic E-state index is 14.5. The molecule has 4 N–H and O–H groups in total. The summed E-state index contributed by atoms with van der Waals surface area (Å²) in [6.45, 7) is -1.29. The van der Waals surface area contributed by atoms with Crippen LogP contribution in [0.3, 0.4) is 0 Å². The number of aliphatic hydroxyl groups is 2. The summed E-state index contributed by atoms with van der Waals surface area (Å²) in [5, 5.41) is 23.1. The van der Waals surface area contributed by atoms with Crippen LogP contribution in [0.1, 0.15) is 22.1 Å². The summed E-state index contributed by atoms with van der Waals surface area (Å²) in [6.07, 6.45) is -8.66. The van der Waals surface area contributed by atoms with E-state index in [1.54, 1.807) is 23.5 Å². The van der Waals surface area contributed by atoms with E-state index in [0.717, 1.165) is 18.3 Å². The predicted molar refractivity (Wildman–Crippen MR) is 113 cm³/mol. The quantitative estimate of drug-likeness (QED) is 0.412. The van der Waals surface area contributed by atoms with Crippen molar-refractivity contribution in [2.24, 2.45) is 0 Å². The van der Waals surface area contributed by atoms with Crippen LogP contribution in [-0.2, 0) is 9.53 Å². The molecule has 188 valence electrons. The number of hydrogen-bond acceptors (Lipinski definition) is 7.